The molecule has 1 saturated heterocycles. The number of Topliss-reactive ketones (excluding diaryl/α,β-unsaturated/α-hetero) is 1. The number of halogens is 3. The van der Waals surface area contributed by atoms with E-state index in [1.54, 1.807) is 6.07 Å². The average molecular weight is 271 g/mol. The second-order valence-corrected chi connectivity index (χ2v) is 5.08. The molecule has 2 unspecified atom stereocenters. The number of hydrogen-bond acceptors (Lipinski definition) is 2. The highest BCUT2D eigenvalue weighted by atomic mass is 19.4. The summed E-state index contributed by atoms with van der Waals surface area (Å²) in [5.74, 6) is 0.171. The van der Waals surface area contributed by atoms with Crippen molar-refractivity contribution in [3.63, 3.8) is 0 Å². The highest BCUT2D eigenvalue weighted by molar-refractivity contribution is 5.84. The van der Waals surface area contributed by atoms with Crippen molar-refractivity contribution < 1.29 is 18.0 Å². The van der Waals surface area contributed by atoms with Gasteiger partial charge in [0.15, 0.2) is 0 Å². The van der Waals surface area contributed by atoms with E-state index in [1.165, 1.54) is 6.07 Å². The van der Waals surface area contributed by atoms with E-state index < -0.39 is 11.7 Å². The Hall–Kier alpha value is -1.36. The normalized spacial score (nSPS) is 23.6. The van der Waals surface area contributed by atoms with Crippen molar-refractivity contribution in [2.75, 3.05) is 13.1 Å². The molecule has 0 spiro atoms. The minimum Gasteiger partial charge on any atom is -0.316 e. The van der Waals surface area contributed by atoms with Gasteiger partial charge in [-0.25, -0.2) is 0 Å². The minimum absolute atomic E-state index is 0.0109. The van der Waals surface area contributed by atoms with Crippen LogP contribution in [0.25, 0.3) is 0 Å². The maximum atomic E-state index is 12.6. The first-order valence-electron chi connectivity index (χ1n) is 6.27. The van der Waals surface area contributed by atoms with Crippen molar-refractivity contribution >= 4 is 5.78 Å². The Morgan fingerprint density at radius 3 is 2.68 bits per heavy atom. The molecular formula is C14H16F3NO. The van der Waals surface area contributed by atoms with Crippen molar-refractivity contribution in [3.05, 3.63) is 35.4 Å². The van der Waals surface area contributed by atoms with Crippen LogP contribution in [0, 0.1) is 11.8 Å². The Labute approximate surface area is 110 Å². The molecule has 1 aliphatic rings. The summed E-state index contributed by atoms with van der Waals surface area (Å²) in [7, 11) is 0. The highest BCUT2D eigenvalue weighted by Crippen LogP contribution is 2.30. The molecule has 0 radical (unpaired) electrons. The van der Waals surface area contributed by atoms with Crippen molar-refractivity contribution in [2.24, 2.45) is 11.8 Å². The van der Waals surface area contributed by atoms with Crippen LogP contribution in [0.15, 0.2) is 24.3 Å². The van der Waals surface area contributed by atoms with Gasteiger partial charge in [0.2, 0.25) is 0 Å². The molecule has 0 bridgehead atoms. The molecular weight excluding hydrogens is 255 g/mol. The minimum atomic E-state index is -4.36. The predicted molar refractivity (Wildman–Crippen MR) is 65.7 cm³/mol. The van der Waals surface area contributed by atoms with Gasteiger partial charge < -0.3 is 5.32 Å². The van der Waals surface area contributed by atoms with Gasteiger partial charge in [-0.05, 0) is 24.1 Å². The van der Waals surface area contributed by atoms with Gasteiger partial charge >= 0.3 is 6.18 Å². The SMILES string of the molecule is CC1CNCC1C(=O)Cc1cccc(C(F)(F)F)c1. The molecule has 0 amide bonds. The van der Waals surface area contributed by atoms with Gasteiger partial charge in [-0.1, -0.05) is 25.1 Å². The molecule has 1 aromatic carbocycles. The van der Waals surface area contributed by atoms with E-state index in [4.69, 9.17) is 0 Å². The molecule has 5 heteroatoms. The summed E-state index contributed by atoms with van der Waals surface area (Å²) in [6.45, 7) is 3.40. The Balaban J connectivity index is 2.09. The fourth-order valence-electron chi connectivity index (χ4n) is 2.43. The van der Waals surface area contributed by atoms with E-state index in [-0.39, 0.29) is 24.0 Å². The van der Waals surface area contributed by atoms with Gasteiger partial charge in [0.25, 0.3) is 0 Å². The predicted octanol–water partition coefficient (Wildman–Crippen LogP) is 2.67. The zero-order chi connectivity index (χ0) is 14.0. The van der Waals surface area contributed by atoms with E-state index in [0.717, 1.165) is 18.7 Å². The number of carbonyl (C=O) groups is 1. The van der Waals surface area contributed by atoms with Gasteiger partial charge in [-0.2, -0.15) is 13.2 Å². The number of alkyl halides is 3. The molecule has 1 fully saturated rings. The first-order valence-corrected chi connectivity index (χ1v) is 6.27. The zero-order valence-corrected chi connectivity index (χ0v) is 10.6. The maximum Gasteiger partial charge on any atom is 0.416 e. The van der Waals surface area contributed by atoms with Crippen molar-refractivity contribution in [1.82, 2.24) is 5.32 Å². The molecule has 2 nitrogen and oxygen atoms in total. The summed E-state index contributed by atoms with van der Waals surface area (Å²) in [5, 5.41) is 3.12. The lowest BCUT2D eigenvalue weighted by atomic mass is 9.90. The summed E-state index contributed by atoms with van der Waals surface area (Å²) in [6.07, 6.45) is -4.29. The Morgan fingerprint density at radius 1 is 1.37 bits per heavy atom. The summed E-state index contributed by atoms with van der Waals surface area (Å²) >= 11 is 0. The van der Waals surface area contributed by atoms with E-state index in [2.05, 4.69) is 5.32 Å². The molecule has 104 valence electrons. The van der Waals surface area contributed by atoms with Crippen molar-refractivity contribution in [2.45, 2.75) is 19.5 Å². The van der Waals surface area contributed by atoms with Crippen LogP contribution in [0.2, 0.25) is 0 Å². The molecule has 1 aliphatic heterocycles. The summed E-state index contributed by atoms with van der Waals surface area (Å²) in [5.41, 5.74) is -0.269. The quantitative estimate of drug-likeness (QED) is 0.915. The molecule has 1 N–H and O–H groups in total. The van der Waals surface area contributed by atoms with Crippen LogP contribution in [0.5, 0.6) is 0 Å². The maximum absolute atomic E-state index is 12.6. The number of benzene rings is 1. The van der Waals surface area contributed by atoms with Crippen molar-refractivity contribution in [3.8, 4) is 0 Å². The second-order valence-electron chi connectivity index (χ2n) is 5.08. The molecule has 0 aliphatic carbocycles. The second kappa shape index (κ2) is 5.33. The molecule has 19 heavy (non-hydrogen) atoms. The molecule has 0 aromatic heterocycles. The third kappa shape index (κ3) is 3.35. The van der Waals surface area contributed by atoms with Crippen LogP contribution in [0.4, 0.5) is 13.2 Å². The third-order valence-corrected chi connectivity index (χ3v) is 3.56. The van der Waals surface area contributed by atoms with Crippen LogP contribution in [-0.2, 0) is 17.4 Å². The average Bonchev–Trinajstić information content (AvgIpc) is 2.75. The molecule has 0 saturated carbocycles. The first kappa shape index (κ1) is 14.1. The van der Waals surface area contributed by atoms with E-state index in [9.17, 15) is 18.0 Å². The molecule has 1 aromatic rings. The zero-order valence-electron chi connectivity index (χ0n) is 10.6. The van der Waals surface area contributed by atoms with Crippen LogP contribution < -0.4 is 5.32 Å². The van der Waals surface area contributed by atoms with E-state index in [1.807, 2.05) is 6.92 Å². The fraction of sp³-hybridized carbons (Fsp3) is 0.500. The molecule has 2 rings (SSSR count). The number of ketones is 1. The Bertz CT molecular complexity index is 470. The van der Waals surface area contributed by atoms with Gasteiger partial charge in [0, 0.05) is 18.9 Å². The van der Waals surface area contributed by atoms with Gasteiger partial charge in [0.1, 0.15) is 5.78 Å². The largest absolute Gasteiger partial charge is 0.416 e. The first-order chi connectivity index (χ1) is 8.88. The van der Waals surface area contributed by atoms with Gasteiger partial charge in [0.05, 0.1) is 5.56 Å². The van der Waals surface area contributed by atoms with E-state index in [0.29, 0.717) is 12.1 Å². The van der Waals surface area contributed by atoms with Gasteiger partial charge in [-0.15, -0.1) is 0 Å². The van der Waals surface area contributed by atoms with E-state index >= 15 is 0 Å². The summed E-state index contributed by atoms with van der Waals surface area (Å²) < 4.78 is 37.7. The Kier molecular flexibility index (Phi) is 3.94. The lowest BCUT2D eigenvalue weighted by molar-refractivity contribution is -0.137. The van der Waals surface area contributed by atoms with Crippen LogP contribution in [0.1, 0.15) is 18.1 Å². The van der Waals surface area contributed by atoms with Crippen LogP contribution in [0.3, 0.4) is 0 Å². The van der Waals surface area contributed by atoms with Gasteiger partial charge in [-0.3, -0.25) is 4.79 Å². The van der Waals surface area contributed by atoms with Crippen LogP contribution >= 0.6 is 0 Å². The third-order valence-electron chi connectivity index (χ3n) is 3.56. The number of nitrogens with one attached hydrogen (secondary N) is 1. The summed E-state index contributed by atoms with van der Waals surface area (Å²) in [6, 6.07) is 5.00. The molecule has 1 heterocycles. The number of rotatable bonds is 3. The number of carbonyl (C=O) groups excluding carboxylic acids is 1. The number of hydrogen-bond donors (Lipinski definition) is 1. The summed E-state index contributed by atoms with van der Waals surface area (Å²) in [4.78, 5) is 12.1. The topological polar surface area (TPSA) is 29.1 Å². The standard InChI is InChI=1S/C14H16F3NO/c1-9-7-18-8-12(9)13(19)6-10-3-2-4-11(5-10)14(15,16)17/h2-5,9,12,18H,6-8H2,1H3. The van der Waals surface area contributed by atoms with Crippen molar-refractivity contribution in [1.29, 1.82) is 0 Å². The highest BCUT2D eigenvalue weighted by Gasteiger charge is 2.32. The smallest absolute Gasteiger partial charge is 0.316 e. The Morgan fingerprint density at radius 2 is 2.11 bits per heavy atom. The fourth-order valence-corrected chi connectivity index (χ4v) is 2.43. The van der Waals surface area contributed by atoms with Crippen LogP contribution in [-0.4, -0.2) is 18.9 Å². The lowest BCUT2D eigenvalue weighted by Crippen LogP contribution is -2.23. The monoisotopic (exact) mass is 271 g/mol. The lowest BCUT2D eigenvalue weighted by Gasteiger charge is -2.13. The molecule has 2 atom stereocenters.